The average Bonchev–Trinajstić information content (AvgIpc) is 2.38. The molecule has 18 heavy (non-hydrogen) atoms. The van der Waals surface area contributed by atoms with E-state index in [4.69, 9.17) is 5.73 Å². The number of anilines is 1. The molecule has 1 fully saturated rings. The van der Waals surface area contributed by atoms with E-state index in [9.17, 15) is 0 Å². The Morgan fingerprint density at radius 2 is 1.89 bits per heavy atom. The fourth-order valence-electron chi connectivity index (χ4n) is 2.41. The van der Waals surface area contributed by atoms with Crippen molar-refractivity contribution in [1.29, 1.82) is 0 Å². The molecule has 0 aromatic heterocycles. The van der Waals surface area contributed by atoms with Crippen molar-refractivity contribution in [3.05, 3.63) is 28.2 Å². The molecule has 0 unspecified atom stereocenters. The van der Waals surface area contributed by atoms with Crippen LogP contribution in [0.15, 0.2) is 22.7 Å². The van der Waals surface area contributed by atoms with Crippen LogP contribution in [0.1, 0.15) is 19.4 Å². The highest BCUT2D eigenvalue weighted by molar-refractivity contribution is 9.10. The fourth-order valence-corrected chi connectivity index (χ4v) is 3.09. The smallest absolute Gasteiger partial charge is 0.0511 e. The predicted octanol–water partition coefficient (Wildman–Crippen LogP) is 2.44. The molecule has 3 nitrogen and oxygen atoms in total. The summed E-state index contributed by atoms with van der Waals surface area (Å²) in [5, 5.41) is 0. The maximum absolute atomic E-state index is 5.66. The maximum Gasteiger partial charge on any atom is 0.0511 e. The van der Waals surface area contributed by atoms with Gasteiger partial charge < -0.3 is 10.6 Å². The summed E-state index contributed by atoms with van der Waals surface area (Å²) in [5.41, 5.74) is 8.12. The van der Waals surface area contributed by atoms with Crippen molar-refractivity contribution in [2.45, 2.75) is 26.4 Å². The molecule has 0 saturated carbocycles. The Hall–Kier alpha value is -0.580. The fraction of sp³-hybridized carbons (Fsp3) is 0.571. The van der Waals surface area contributed by atoms with E-state index in [1.165, 1.54) is 11.3 Å². The Labute approximate surface area is 118 Å². The van der Waals surface area contributed by atoms with E-state index in [1.54, 1.807) is 0 Å². The highest BCUT2D eigenvalue weighted by atomic mass is 79.9. The lowest BCUT2D eigenvalue weighted by atomic mass is 10.1. The summed E-state index contributed by atoms with van der Waals surface area (Å²) in [5.74, 6) is 0. The minimum Gasteiger partial charge on any atom is -0.368 e. The van der Waals surface area contributed by atoms with E-state index in [-0.39, 0.29) is 0 Å². The van der Waals surface area contributed by atoms with Crippen LogP contribution in [0.2, 0.25) is 0 Å². The number of halogens is 1. The zero-order valence-corrected chi connectivity index (χ0v) is 12.8. The molecule has 0 bridgehead atoms. The van der Waals surface area contributed by atoms with Crippen LogP contribution >= 0.6 is 15.9 Å². The van der Waals surface area contributed by atoms with Crippen molar-refractivity contribution in [3.8, 4) is 0 Å². The van der Waals surface area contributed by atoms with Crippen LogP contribution in [0, 0.1) is 0 Å². The largest absolute Gasteiger partial charge is 0.368 e. The first kappa shape index (κ1) is 13.8. The Morgan fingerprint density at radius 3 is 2.39 bits per heavy atom. The predicted molar refractivity (Wildman–Crippen MR) is 81.0 cm³/mol. The summed E-state index contributed by atoms with van der Waals surface area (Å²) < 4.78 is 1.16. The van der Waals surface area contributed by atoms with Gasteiger partial charge in [0.15, 0.2) is 0 Å². The number of nitrogens with zero attached hydrogens (tertiary/aromatic N) is 2. The molecule has 0 radical (unpaired) electrons. The van der Waals surface area contributed by atoms with E-state index >= 15 is 0 Å². The van der Waals surface area contributed by atoms with Crippen molar-refractivity contribution in [1.82, 2.24) is 4.90 Å². The maximum atomic E-state index is 5.66. The number of benzene rings is 1. The molecule has 2 N–H and O–H groups in total. The lowest BCUT2D eigenvalue weighted by Gasteiger charge is -2.38. The summed E-state index contributed by atoms with van der Waals surface area (Å²) in [6.45, 7) is 9.60. The molecule has 0 spiro atoms. The van der Waals surface area contributed by atoms with Crippen LogP contribution in [0.5, 0.6) is 0 Å². The van der Waals surface area contributed by atoms with Gasteiger partial charge in [0.1, 0.15) is 0 Å². The van der Waals surface area contributed by atoms with Gasteiger partial charge in [0, 0.05) is 43.2 Å². The second-order valence-corrected chi connectivity index (χ2v) is 5.96. The monoisotopic (exact) mass is 311 g/mol. The normalized spacial score (nSPS) is 17.5. The van der Waals surface area contributed by atoms with Gasteiger partial charge in [-0.15, -0.1) is 0 Å². The SMILES string of the molecule is CC(C)N1CCN(c2ccc(CN)cc2Br)CC1. The Bertz CT molecular complexity index is 398. The topological polar surface area (TPSA) is 32.5 Å². The molecule has 1 aliphatic rings. The van der Waals surface area contributed by atoms with Crippen molar-refractivity contribution < 1.29 is 0 Å². The summed E-state index contributed by atoms with van der Waals surface area (Å²) in [4.78, 5) is 4.97. The first-order valence-electron chi connectivity index (χ1n) is 6.59. The third-order valence-corrected chi connectivity index (χ3v) is 4.27. The van der Waals surface area contributed by atoms with Gasteiger partial charge in [-0.25, -0.2) is 0 Å². The van der Waals surface area contributed by atoms with E-state index in [1.807, 2.05) is 0 Å². The summed E-state index contributed by atoms with van der Waals surface area (Å²) in [6.07, 6.45) is 0. The lowest BCUT2D eigenvalue weighted by Crippen LogP contribution is -2.49. The van der Waals surface area contributed by atoms with Gasteiger partial charge >= 0.3 is 0 Å². The zero-order chi connectivity index (χ0) is 13.1. The Balaban J connectivity index is 2.05. The first-order chi connectivity index (χ1) is 8.61. The molecule has 100 valence electrons. The molecule has 0 atom stereocenters. The second kappa shape index (κ2) is 6.04. The molecule has 1 heterocycles. The van der Waals surface area contributed by atoms with Crippen LogP contribution in [0.4, 0.5) is 5.69 Å². The van der Waals surface area contributed by atoms with Crippen LogP contribution in [-0.2, 0) is 6.54 Å². The van der Waals surface area contributed by atoms with Crippen molar-refractivity contribution in [2.75, 3.05) is 31.1 Å². The van der Waals surface area contributed by atoms with E-state index in [0.717, 1.165) is 30.7 Å². The van der Waals surface area contributed by atoms with E-state index in [0.29, 0.717) is 12.6 Å². The van der Waals surface area contributed by atoms with Gasteiger partial charge in [0.25, 0.3) is 0 Å². The molecule has 1 aliphatic heterocycles. The Kier molecular flexibility index (Phi) is 4.65. The number of hydrogen-bond acceptors (Lipinski definition) is 3. The lowest BCUT2D eigenvalue weighted by molar-refractivity contribution is 0.209. The van der Waals surface area contributed by atoms with Gasteiger partial charge in [-0.05, 0) is 47.5 Å². The molecule has 1 saturated heterocycles. The summed E-state index contributed by atoms with van der Waals surface area (Å²) in [6, 6.07) is 7.08. The summed E-state index contributed by atoms with van der Waals surface area (Å²) >= 11 is 3.66. The molecular formula is C14H22BrN3. The molecule has 0 amide bonds. The molecule has 0 aliphatic carbocycles. The van der Waals surface area contributed by atoms with Crippen LogP contribution in [-0.4, -0.2) is 37.1 Å². The van der Waals surface area contributed by atoms with E-state index < -0.39 is 0 Å². The Morgan fingerprint density at radius 1 is 1.22 bits per heavy atom. The summed E-state index contributed by atoms with van der Waals surface area (Å²) in [7, 11) is 0. The second-order valence-electron chi connectivity index (χ2n) is 5.11. The van der Waals surface area contributed by atoms with Crippen molar-refractivity contribution in [3.63, 3.8) is 0 Å². The molecule has 4 heteroatoms. The van der Waals surface area contributed by atoms with E-state index in [2.05, 4.69) is 57.8 Å². The standard InChI is InChI=1S/C14H22BrN3/c1-11(2)17-5-7-18(8-6-17)14-4-3-12(10-16)9-13(14)15/h3-4,9,11H,5-8,10,16H2,1-2H3. The number of piperazine rings is 1. The highest BCUT2D eigenvalue weighted by Crippen LogP contribution is 2.28. The quantitative estimate of drug-likeness (QED) is 0.930. The van der Waals surface area contributed by atoms with Gasteiger partial charge in [-0.1, -0.05) is 6.07 Å². The molecule has 2 rings (SSSR count). The first-order valence-corrected chi connectivity index (χ1v) is 7.38. The number of hydrogen-bond donors (Lipinski definition) is 1. The van der Waals surface area contributed by atoms with Gasteiger partial charge in [-0.3, -0.25) is 4.90 Å². The molecule has 1 aromatic carbocycles. The molecular weight excluding hydrogens is 290 g/mol. The van der Waals surface area contributed by atoms with Gasteiger partial charge in [0.05, 0.1) is 5.69 Å². The zero-order valence-electron chi connectivity index (χ0n) is 11.2. The number of rotatable bonds is 3. The van der Waals surface area contributed by atoms with Crippen molar-refractivity contribution in [2.24, 2.45) is 5.73 Å². The van der Waals surface area contributed by atoms with Crippen LogP contribution in [0.3, 0.4) is 0 Å². The van der Waals surface area contributed by atoms with Crippen molar-refractivity contribution >= 4 is 21.6 Å². The minimum absolute atomic E-state index is 0.597. The van der Waals surface area contributed by atoms with Gasteiger partial charge in [0.2, 0.25) is 0 Å². The minimum atomic E-state index is 0.597. The number of nitrogens with two attached hydrogens (primary N) is 1. The highest BCUT2D eigenvalue weighted by Gasteiger charge is 2.20. The third kappa shape index (κ3) is 3.05. The average molecular weight is 312 g/mol. The van der Waals surface area contributed by atoms with Crippen LogP contribution < -0.4 is 10.6 Å². The third-order valence-electron chi connectivity index (χ3n) is 3.63. The van der Waals surface area contributed by atoms with Gasteiger partial charge in [-0.2, -0.15) is 0 Å². The molecule has 1 aromatic rings. The van der Waals surface area contributed by atoms with Crippen LogP contribution in [0.25, 0.3) is 0 Å².